The van der Waals surface area contributed by atoms with Gasteiger partial charge in [0.1, 0.15) is 0 Å². The number of esters is 2. The van der Waals surface area contributed by atoms with Gasteiger partial charge in [0, 0.05) is 0 Å². The lowest BCUT2D eigenvalue weighted by molar-refractivity contribution is -0.171. The van der Waals surface area contributed by atoms with Crippen molar-refractivity contribution in [2.45, 2.75) is 40.0 Å². The normalized spacial score (nSPS) is 37.6. The topological polar surface area (TPSA) is 52.6 Å². The third kappa shape index (κ3) is 1.82. The van der Waals surface area contributed by atoms with Crippen LogP contribution in [0.25, 0.3) is 0 Å². The molecule has 0 aromatic heterocycles. The van der Waals surface area contributed by atoms with Gasteiger partial charge in [-0.3, -0.25) is 9.59 Å². The van der Waals surface area contributed by atoms with E-state index in [1.54, 1.807) is 13.8 Å². The van der Waals surface area contributed by atoms with Crippen LogP contribution in [0.2, 0.25) is 0 Å². The van der Waals surface area contributed by atoms with Gasteiger partial charge in [0.25, 0.3) is 0 Å². The van der Waals surface area contributed by atoms with Crippen LogP contribution in [-0.4, -0.2) is 25.2 Å². The molecule has 2 aliphatic rings. The molecule has 0 aliphatic heterocycles. The summed E-state index contributed by atoms with van der Waals surface area (Å²) in [6.45, 7) is 6.40. The molecule has 4 unspecified atom stereocenters. The molecule has 2 saturated carbocycles. The van der Waals surface area contributed by atoms with Gasteiger partial charge in [0.05, 0.1) is 24.5 Å². The summed E-state index contributed by atoms with van der Waals surface area (Å²) in [7, 11) is 0. The van der Waals surface area contributed by atoms with Gasteiger partial charge in [-0.15, -0.1) is 0 Å². The molecule has 4 atom stereocenters. The van der Waals surface area contributed by atoms with E-state index in [4.69, 9.17) is 9.47 Å². The zero-order valence-corrected chi connectivity index (χ0v) is 11.4. The molecule has 2 bridgehead atoms. The highest BCUT2D eigenvalue weighted by atomic mass is 16.5. The van der Waals surface area contributed by atoms with Gasteiger partial charge in [-0.25, -0.2) is 0 Å². The molecule has 0 aromatic rings. The van der Waals surface area contributed by atoms with Crippen molar-refractivity contribution in [1.29, 1.82) is 0 Å². The number of carbonyl (C=O) groups is 2. The van der Waals surface area contributed by atoms with Crippen molar-refractivity contribution in [2.24, 2.45) is 23.2 Å². The van der Waals surface area contributed by atoms with E-state index in [1.165, 1.54) is 0 Å². The van der Waals surface area contributed by atoms with Crippen LogP contribution in [0.4, 0.5) is 0 Å². The number of hydrogen-bond acceptors (Lipinski definition) is 4. The molecule has 4 heteroatoms. The van der Waals surface area contributed by atoms with Crippen molar-refractivity contribution in [3.8, 4) is 0 Å². The van der Waals surface area contributed by atoms with E-state index >= 15 is 0 Å². The predicted octanol–water partition coefficient (Wildman–Crippen LogP) is 2.17. The van der Waals surface area contributed by atoms with E-state index in [9.17, 15) is 9.59 Å². The fourth-order valence-corrected chi connectivity index (χ4v) is 3.92. The van der Waals surface area contributed by atoms with Crippen molar-refractivity contribution in [1.82, 2.24) is 0 Å². The summed E-state index contributed by atoms with van der Waals surface area (Å²) < 4.78 is 10.4. The van der Waals surface area contributed by atoms with E-state index in [0.29, 0.717) is 19.1 Å². The molecule has 4 nitrogen and oxygen atoms in total. The Balaban J connectivity index is 2.25. The van der Waals surface area contributed by atoms with Gasteiger partial charge >= 0.3 is 11.9 Å². The van der Waals surface area contributed by atoms with Crippen molar-refractivity contribution in [3.05, 3.63) is 0 Å². The molecule has 2 aliphatic carbocycles. The Morgan fingerprint density at radius 3 is 2.39 bits per heavy atom. The summed E-state index contributed by atoms with van der Waals surface area (Å²) in [4.78, 5) is 24.4. The Morgan fingerprint density at radius 1 is 1.17 bits per heavy atom. The minimum atomic E-state index is -0.618. The van der Waals surface area contributed by atoms with Crippen LogP contribution < -0.4 is 0 Å². The average molecular weight is 254 g/mol. The van der Waals surface area contributed by atoms with Gasteiger partial charge in [-0.05, 0) is 44.9 Å². The minimum Gasteiger partial charge on any atom is -0.466 e. The van der Waals surface area contributed by atoms with Crippen LogP contribution in [0.15, 0.2) is 0 Å². The summed E-state index contributed by atoms with van der Waals surface area (Å²) in [6, 6.07) is 0. The smallest absolute Gasteiger partial charge is 0.313 e. The van der Waals surface area contributed by atoms with E-state index in [1.807, 2.05) is 0 Å². The standard InChI is InChI=1S/C14H22O4/c1-4-17-12(15)11-7-10-6-9(3)14(11,8-10)13(16)18-5-2/h9-11H,4-8H2,1-3H3. The summed E-state index contributed by atoms with van der Waals surface area (Å²) in [5.74, 6) is -0.0380. The van der Waals surface area contributed by atoms with Crippen LogP contribution in [0.5, 0.6) is 0 Å². The van der Waals surface area contributed by atoms with Gasteiger partial charge in [0.15, 0.2) is 0 Å². The first kappa shape index (κ1) is 13.4. The number of fused-ring (bicyclic) bond motifs is 2. The largest absolute Gasteiger partial charge is 0.466 e. The number of hydrogen-bond donors (Lipinski definition) is 0. The Hall–Kier alpha value is -1.06. The number of carbonyl (C=O) groups excluding carboxylic acids is 2. The highest BCUT2D eigenvalue weighted by molar-refractivity contribution is 5.87. The second kappa shape index (κ2) is 4.90. The Morgan fingerprint density at radius 2 is 1.83 bits per heavy atom. The summed E-state index contributed by atoms with van der Waals surface area (Å²) in [5, 5.41) is 0. The molecule has 0 aromatic carbocycles. The molecule has 0 saturated heterocycles. The van der Waals surface area contributed by atoms with Crippen molar-refractivity contribution < 1.29 is 19.1 Å². The minimum absolute atomic E-state index is 0.199. The molecular weight excluding hydrogens is 232 g/mol. The van der Waals surface area contributed by atoms with Crippen LogP contribution in [0.1, 0.15) is 40.0 Å². The first-order valence-electron chi connectivity index (χ1n) is 6.90. The van der Waals surface area contributed by atoms with Crippen LogP contribution >= 0.6 is 0 Å². The highest BCUT2D eigenvalue weighted by Crippen LogP contribution is 2.61. The lowest BCUT2D eigenvalue weighted by Gasteiger charge is -2.36. The van der Waals surface area contributed by atoms with Crippen LogP contribution in [0, 0.1) is 23.2 Å². The molecule has 0 radical (unpaired) electrons. The SMILES string of the molecule is CCOC(=O)C1CC2CC(C)C1(C(=O)OCC)C2. The van der Waals surface area contributed by atoms with Gasteiger partial charge in [0.2, 0.25) is 0 Å². The Labute approximate surface area is 108 Å². The molecule has 2 rings (SSSR count). The zero-order valence-electron chi connectivity index (χ0n) is 11.4. The number of ether oxygens (including phenoxy) is 2. The summed E-state index contributed by atoms with van der Waals surface area (Å²) in [5.41, 5.74) is -0.618. The summed E-state index contributed by atoms with van der Waals surface area (Å²) in [6.07, 6.45) is 2.59. The third-order valence-corrected chi connectivity index (χ3v) is 4.61. The molecule has 0 amide bonds. The van der Waals surface area contributed by atoms with Crippen molar-refractivity contribution >= 4 is 11.9 Å². The van der Waals surface area contributed by atoms with Gasteiger partial charge in [-0.2, -0.15) is 0 Å². The monoisotopic (exact) mass is 254 g/mol. The average Bonchev–Trinajstić information content (AvgIpc) is 2.84. The maximum atomic E-state index is 12.3. The molecule has 0 spiro atoms. The van der Waals surface area contributed by atoms with Crippen molar-refractivity contribution in [2.75, 3.05) is 13.2 Å². The van der Waals surface area contributed by atoms with Gasteiger partial charge < -0.3 is 9.47 Å². The molecule has 2 fully saturated rings. The third-order valence-electron chi connectivity index (χ3n) is 4.61. The van der Waals surface area contributed by atoms with Crippen LogP contribution in [0.3, 0.4) is 0 Å². The second-order valence-electron chi connectivity index (χ2n) is 5.51. The molecule has 0 heterocycles. The van der Waals surface area contributed by atoms with E-state index in [0.717, 1.165) is 19.3 Å². The second-order valence-corrected chi connectivity index (χ2v) is 5.51. The fraction of sp³-hybridized carbons (Fsp3) is 0.857. The Bertz CT molecular complexity index is 352. The lowest BCUT2D eigenvalue weighted by Crippen LogP contribution is -2.45. The fourth-order valence-electron chi connectivity index (χ4n) is 3.92. The predicted molar refractivity (Wildman–Crippen MR) is 65.7 cm³/mol. The van der Waals surface area contributed by atoms with Crippen molar-refractivity contribution in [3.63, 3.8) is 0 Å². The first-order valence-corrected chi connectivity index (χ1v) is 6.90. The maximum Gasteiger partial charge on any atom is 0.313 e. The maximum absolute atomic E-state index is 12.3. The Kier molecular flexibility index (Phi) is 3.64. The van der Waals surface area contributed by atoms with E-state index in [-0.39, 0.29) is 23.8 Å². The quantitative estimate of drug-likeness (QED) is 0.721. The van der Waals surface area contributed by atoms with Crippen LogP contribution in [-0.2, 0) is 19.1 Å². The summed E-state index contributed by atoms with van der Waals surface area (Å²) >= 11 is 0. The first-order chi connectivity index (χ1) is 8.56. The number of rotatable bonds is 4. The van der Waals surface area contributed by atoms with E-state index < -0.39 is 5.41 Å². The molecular formula is C14H22O4. The highest BCUT2D eigenvalue weighted by Gasteiger charge is 2.64. The van der Waals surface area contributed by atoms with Gasteiger partial charge in [-0.1, -0.05) is 6.92 Å². The zero-order chi connectivity index (χ0) is 13.3. The molecule has 18 heavy (non-hydrogen) atoms. The molecule has 102 valence electrons. The lowest BCUT2D eigenvalue weighted by atomic mass is 9.68. The molecule has 0 N–H and O–H groups in total. The van der Waals surface area contributed by atoms with E-state index in [2.05, 4.69) is 6.92 Å².